The maximum atomic E-state index is 12.9. The van der Waals surface area contributed by atoms with Crippen molar-refractivity contribution in [1.29, 1.82) is 0 Å². The average molecular weight is 409 g/mol. The Labute approximate surface area is 161 Å². The maximum Gasteiger partial charge on any atom is 0.263 e. The Balaban J connectivity index is 1.96. The fourth-order valence-electron chi connectivity index (χ4n) is 2.55. The number of aromatic nitrogens is 1. The van der Waals surface area contributed by atoms with Gasteiger partial charge in [0.15, 0.2) is 0 Å². The summed E-state index contributed by atoms with van der Waals surface area (Å²) in [5.74, 6) is 0.486. The molecular weight excluding hydrogens is 388 g/mol. The Bertz CT molecular complexity index is 1040. The molecule has 0 saturated heterocycles. The first-order valence-corrected chi connectivity index (χ1v) is 11.2. The molecule has 26 heavy (non-hydrogen) atoms. The van der Waals surface area contributed by atoms with Crippen molar-refractivity contribution in [2.45, 2.75) is 32.1 Å². The van der Waals surface area contributed by atoms with Gasteiger partial charge in [-0.1, -0.05) is 13.0 Å². The summed E-state index contributed by atoms with van der Waals surface area (Å²) in [5.41, 5.74) is 2.21. The van der Waals surface area contributed by atoms with Crippen molar-refractivity contribution in [3.63, 3.8) is 0 Å². The van der Waals surface area contributed by atoms with Crippen LogP contribution in [0, 0.1) is 13.8 Å². The highest BCUT2D eigenvalue weighted by molar-refractivity contribution is 7.93. The minimum atomic E-state index is -3.72. The van der Waals surface area contributed by atoms with Gasteiger partial charge in [0.1, 0.15) is 10.6 Å². The number of thiazole rings is 1. The van der Waals surface area contributed by atoms with Crippen molar-refractivity contribution in [2.24, 2.45) is 0 Å². The van der Waals surface area contributed by atoms with Crippen LogP contribution < -0.4 is 9.46 Å². The molecule has 138 valence electrons. The van der Waals surface area contributed by atoms with E-state index in [0.717, 1.165) is 32.4 Å². The van der Waals surface area contributed by atoms with Gasteiger partial charge in [-0.15, -0.1) is 22.7 Å². The van der Waals surface area contributed by atoms with Gasteiger partial charge < -0.3 is 4.74 Å². The minimum absolute atomic E-state index is 0.270. The third-order valence-corrected chi connectivity index (χ3v) is 7.55. The zero-order valence-corrected chi connectivity index (χ0v) is 17.4. The largest absolute Gasteiger partial charge is 0.495 e. The fourth-order valence-corrected chi connectivity index (χ4v) is 5.98. The summed E-state index contributed by atoms with van der Waals surface area (Å²) >= 11 is 3.03. The van der Waals surface area contributed by atoms with Crippen LogP contribution in [0.25, 0.3) is 10.6 Å². The molecule has 1 N–H and O–H groups in total. The Morgan fingerprint density at radius 2 is 2.00 bits per heavy atom. The van der Waals surface area contributed by atoms with Gasteiger partial charge in [0.25, 0.3) is 10.0 Å². The summed E-state index contributed by atoms with van der Waals surface area (Å²) in [6.07, 6.45) is 0.870. The molecule has 0 fully saturated rings. The molecule has 3 aromatic rings. The first kappa shape index (κ1) is 18.9. The number of hydrogen-bond donors (Lipinski definition) is 1. The molecule has 0 saturated carbocycles. The Morgan fingerprint density at radius 3 is 2.65 bits per heavy atom. The highest BCUT2D eigenvalue weighted by atomic mass is 32.2. The number of methoxy groups -OCH3 is 1. The number of sulfonamides is 1. The van der Waals surface area contributed by atoms with E-state index in [4.69, 9.17) is 4.74 Å². The molecule has 0 amide bonds. The second-order valence-electron chi connectivity index (χ2n) is 5.82. The van der Waals surface area contributed by atoms with Crippen LogP contribution in [-0.2, 0) is 16.4 Å². The summed E-state index contributed by atoms with van der Waals surface area (Å²) in [7, 11) is -2.21. The number of ether oxygens (including phenoxy) is 1. The first-order chi connectivity index (χ1) is 12.3. The van der Waals surface area contributed by atoms with Gasteiger partial charge in [0.2, 0.25) is 0 Å². The number of aryl methyl sites for hydroxylation is 3. The predicted molar refractivity (Wildman–Crippen MR) is 108 cm³/mol. The molecule has 5 nitrogen and oxygen atoms in total. The number of anilines is 1. The van der Waals surface area contributed by atoms with Crippen molar-refractivity contribution in [3.05, 3.63) is 45.1 Å². The molecule has 0 aliphatic rings. The molecule has 1 aromatic carbocycles. The van der Waals surface area contributed by atoms with Crippen LogP contribution in [0.15, 0.2) is 34.5 Å². The molecule has 2 aromatic heterocycles. The lowest BCUT2D eigenvalue weighted by Gasteiger charge is -2.12. The predicted octanol–water partition coefficient (Wildman–Crippen LogP) is 4.86. The standard InChI is InChI=1S/C18H20N2O3S3/c1-5-18-19-14(10-24-18)16-9-17(12(3)25-16)26(21,22)20-13-8-11(2)6-7-15(13)23-4/h6-10,20H,5H2,1-4H3. The lowest BCUT2D eigenvalue weighted by molar-refractivity contribution is 0.417. The van der Waals surface area contributed by atoms with Crippen molar-refractivity contribution >= 4 is 38.4 Å². The third kappa shape index (κ3) is 3.77. The summed E-state index contributed by atoms with van der Waals surface area (Å²) in [6, 6.07) is 7.07. The summed E-state index contributed by atoms with van der Waals surface area (Å²) in [4.78, 5) is 6.41. The van der Waals surface area contributed by atoms with Crippen molar-refractivity contribution in [2.75, 3.05) is 11.8 Å². The molecule has 0 unspecified atom stereocenters. The first-order valence-electron chi connectivity index (χ1n) is 8.06. The molecular formula is C18H20N2O3S3. The van der Waals surface area contributed by atoms with Gasteiger partial charge in [-0.2, -0.15) is 0 Å². The molecule has 8 heteroatoms. The number of nitrogens with one attached hydrogen (secondary N) is 1. The van der Waals surface area contributed by atoms with E-state index in [9.17, 15) is 8.42 Å². The topological polar surface area (TPSA) is 68.3 Å². The molecule has 0 atom stereocenters. The van der Waals surface area contributed by atoms with Gasteiger partial charge >= 0.3 is 0 Å². The lowest BCUT2D eigenvalue weighted by atomic mass is 10.2. The van der Waals surface area contributed by atoms with Crippen molar-refractivity contribution in [3.8, 4) is 16.3 Å². The summed E-state index contributed by atoms with van der Waals surface area (Å²) < 4.78 is 33.8. The number of hydrogen-bond acceptors (Lipinski definition) is 6. The van der Waals surface area contributed by atoms with E-state index in [1.807, 2.05) is 25.3 Å². The van der Waals surface area contributed by atoms with E-state index in [0.29, 0.717) is 11.4 Å². The van der Waals surface area contributed by atoms with Gasteiger partial charge in [0.05, 0.1) is 28.4 Å². The summed E-state index contributed by atoms with van der Waals surface area (Å²) in [6.45, 7) is 5.76. The number of benzene rings is 1. The second-order valence-corrected chi connectivity index (χ2v) is 9.67. The Hall–Kier alpha value is -1.90. The molecule has 0 bridgehead atoms. The van der Waals surface area contributed by atoms with Crippen molar-refractivity contribution < 1.29 is 13.2 Å². The third-order valence-electron chi connectivity index (χ3n) is 3.87. The molecule has 0 aliphatic heterocycles. The highest BCUT2D eigenvalue weighted by Crippen LogP contribution is 2.36. The van der Waals surface area contributed by atoms with Gasteiger partial charge in [-0.3, -0.25) is 4.72 Å². The summed E-state index contributed by atoms with van der Waals surface area (Å²) in [5, 5.41) is 3.01. The van der Waals surface area contributed by atoms with Crippen LogP contribution in [0.4, 0.5) is 5.69 Å². The second kappa shape index (κ2) is 7.38. The normalized spacial score (nSPS) is 11.5. The molecule has 0 aliphatic carbocycles. The van der Waals surface area contributed by atoms with Crippen LogP contribution >= 0.6 is 22.7 Å². The van der Waals surface area contributed by atoms with E-state index < -0.39 is 10.0 Å². The fraction of sp³-hybridized carbons (Fsp3) is 0.278. The number of thiophene rings is 1. The minimum Gasteiger partial charge on any atom is -0.495 e. The van der Waals surface area contributed by atoms with E-state index in [-0.39, 0.29) is 4.90 Å². The van der Waals surface area contributed by atoms with Gasteiger partial charge in [-0.25, -0.2) is 13.4 Å². The maximum absolute atomic E-state index is 12.9. The Kier molecular flexibility index (Phi) is 5.36. The monoisotopic (exact) mass is 408 g/mol. The van der Waals surface area contributed by atoms with Crippen LogP contribution in [-0.4, -0.2) is 20.5 Å². The van der Waals surface area contributed by atoms with Crippen LogP contribution in [0.1, 0.15) is 22.4 Å². The number of nitrogens with zero attached hydrogens (tertiary/aromatic N) is 1. The smallest absolute Gasteiger partial charge is 0.263 e. The van der Waals surface area contributed by atoms with Gasteiger partial charge in [-0.05, 0) is 44.0 Å². The van der Waals surface area contributed by atoms with Crippen LogP contribution in [0.3, 0.4) is 0 Å². The quantitative estimate of drug-likeness (QED) is 0.632. The Morgan fingerprint density at radius 1 is 1.23 bits per heavy atom. The van der Waals surface area contributed by atoms with E-state index in [1.165, 1.54) is 18.4 Å². The average Bonchev–Trinajstić information content (AvgIpc) is 3.21. The molecule has 2 heterocycles. The van der Waals surface area contributed by atoms with E-state index in [1.54, 1.807) is 29.5 Å². The van der Waals surface area contributed by atoms with E-state index >= 15 is 0 Å². The SMILES string of the molecule is CCc1nc(-c2cc(S(=O)(=O)Nc3cc(C)ccc3OC)c(C)s2)cs1. The lowest BCUT2D eigenvalue weighted by Crippen LogP contribution is -2.14. The molecule has 3 rings (SSSR count). The van der Waals surface area contributed by atoms with Crippen LogP contribution in [0.5, 0.6) is 5.75 Å². The highest BCUT2D eigenvalue weighted by Gasteiger charge is 2.22. The van der Waals surface area contributed by atoms with Gasteiger partial charge in [0, 0.05) is 10.3 Å². The zero-order valence-electron chi connectivity index (χ0n) is 15.0. The van der Waals surface area contributed by atoms with E-state index in [2.05, 4.69) is 16.6 Å². The zero-order chi connectivity index (χ0) is 18.9. The van der Waals surface area contributed by atoms with Crippen LogP contribution in [0.2, 0.25) is 0 Å². The molecule has 0 radical (unpaired) electrons. The van der Waals surface area contributed by atoms with Crippen molar-refractivity contribution in [1.82, 2.24) is 4.98 Å². The molecule has 0 spiro atoms. The number of rotatable bonds is 6.